The van der Waals surface area contributed by atoms with E-state index in [2.05, 4.69) is 33.9 Å². The lowest BCUT2D eigenvalue weighted by molar-refractivity contribution is -0.350. The third-order valence-corrected chi connectivity index (χ3v) is 12.5. The average Bonchev–Trinajstić information content (AvgIpc) is 3.03. The topological polar surface area (TPSA) is 98.8 Å². The van der Waals surface area contributed by atoms with Crippen LogP contribution in [0.3, 0.4) is 0 Å². The van der Waals surface area contributed by atoms with Gasteiger partial charge in [-0.25, -0.2) is 4.79 Å². The van der Waals surface area contributed by atoms with Crippen molar-refractivity contribution in [3.8, 4) is 0 Å². The van der Waals surface area contributed by atoms with Gasteiger partial charge < -0.3 is 32.8 Å². The summed E-state index contributed by atoms with van der Waals surface area (Å²) in [5.74, 6) is -3.23. The SMILES string of the molecule is COC(=O)/C=C1\C[C@@H](C[C@H]2OC(C)(C)O[C@@H]2C)O[C@@](OC)(C(C)(C)CO[Si](C)(C)C(C)(C)C)[C@H]1OC(C)=O. The Kier molecular flexibility index (Phi) is 10.1. The molecule has 0 saturated carbocycles. The molecule has 0 radical (unpaired) electrons. The third kappa shape index (κ3) is 7.25. The van der Waals surface area contributed by atoms with Crippen molar-refractivity contribution in [1.29, 1.82) is 0 Å². The first-order valence-electron chi connectivity index (χ1n) is 13.4. The molecular weight excluding hydrogens is 508 g/mol. The molecule has 220 valence electrons. The van der Waals surface area contributed by atoms with E-state index in [1.165, 1.54) is 27.2 Å². The fraction of sp³-hybridized carbons (Fsp3) is 0.857. The normalized spacial score (nSPS) is 31.3. The second-order valence-corrected chi connectivity index (χ2v) is 17.9. The smallest absolute Gasteiger partial charge is 0.330 e. The summed E-state index contributed by atoms with van der Waals surface area (Å²) in [4.78, 5) is 24.8. The molecule has 0 N–H and O–H groups in total. The number of methoxy groups -OCH3 is 2. The number of ether oxygens (including phenoxy) is 6. The van der Waals surface area contributed by atoms with Gasteiger partial charge >= 0.3 is 11.9 Å². The minimum Gasteiger partial charge on any atom is -0.466 e. The van der Waals surface area contributed by atoms with Gasteiger partial charge in [-0.15, -0.1) is 0 Å². The van der Waals surface area contributed by atoms with Crippen molar-refractivity contribution in [3.05, 3.63) is 11.6 Å². The lowest BCUT2D eigenvalue weighted by Gasteiger charge is -2.54. The quantitative estimate of drug-likeness (QED) is 0.217. The van der Waals surface area contributed by atoms with E-state index in [1.807, 2.05) is 34.6 Å². The summed E-state index contributed by atoms with van der Waals surface area (Å²) in [6.07, 6.45) is 0.384. The van der Waals surface area contributed by atoms with Gasteiger partial charge in [-0.2, -0.15) is 0 Å². The Morgan fingerprint density at radius 1 is 1.08 bits per heavy atom. The molecule has 2 rings (SSSR count). The maximum Gasteiger partial charge on any atom is 0.330 e. The van der Waals surface area contributed by atoms with E-state index >= 15 is 0 Å². The maximum atomic E-state index is 12.4. The predicted molar refractivity (Wildman–Crippen MR) is 146 cm³/mol. The van der Waals surface area contributed by atoms with Gasteiger partial charge in [-0.1, -0.05) is 34.6 Å². The molecule has 0 unspecified atom stereocenters. The molecule has 2 aliphatic rings. The van der Waals surface area contributed by atoms with E-state index in [-0.39, 0.29) is 17.2 Å². The molecule has 0 bridgehead atoms. The first-order chi connectivity index (χ1) is 17.2. The second-order valence-electron chi connectivity index (χ2n) is 13.1. The van der Waals surface area contributed by atoms with E-state index < -0.39 is 49.5 Å². The molecule has 0 aromatic rings. The van der Waals surface area contributed by atoms with Gasteiger partial charge in [0.1, 0.15) is 0 Å². The lowest BCUT2D eigenvalue weighted by atomic mass is 9.74. The molecule has 0 spiro atoms. The molecule has 0 aromatic heterocycles. The Morgan fingerprint density at radius 2 is 1.68 bits per heavy atom. The molecule has 0 aromatic carbocycles. The van der Waals surface area contributed by atoms with Crippen molar-refractivity contribution in [1.82, 2.24) is 0 Å². The van der Waals surface area contributed by atoms with Crippen LogP contribution in [0.4, 0.5) is 0 Å². The standard InChI is InChI=1S/C28H50O9Si/c1-18-22(37-27(8,9)35-18)16-21-14-20(15-23(30)31-10)24(34-19(2)29)28(32-11,36-21)26(6,7)17-33-38(12,13)25(3,4)5/h15,18,21-22,24H,14,16-17H2,1-13H3/b20-15+/t18-,21+,22-,24+,28-/m1/s1. The van der Waals surface area contributed by atoms with E-state index in [4.69, 9.17) is 32.8 Å². The summed E-state index contributed by atoms with van der Waals surface area (Å²) in [5.41, 5.74) is -0.250. The van der Waals surface area contributed by atoms with Gasteiger partial charge in [0.2, 0.25) is 5.79 Å². The first kappa shape index (κ1) is 32.9. The van der Waals surface area contributed by atoms with Crippen molar-refractivity contribution in [2.45, 2.75) is 129 Å². The Labute approximate surface area is 230 Å². The van der Waals surface area contributed by atoms with Crippen LogP contribution in [0.25, 0.3) is 0 Å². The van der Waals surface area contributed by atoms with Crippen LogP contribution < -0.4 is 0 Å². The largest absolute Gasteiger partial charge is 0.466 e. The van der Waals surface area contributed by atoms with Crippen LogP contribution in [0.5, 0.6) is 0 Å². The minimum atomic E-state index is -2.14. The van der Waals surface area contributed by atoms with Crippen LogP contribution in [0.1, 0.15) is 75.2 Å². The van der Waals surface area contributed by atoms with Crippen molar-refractivity contribution < 1.29 is 42.4 Å². The minimum absolute atomic E-state index is 0.00669. The van der Waals surface area contributed by atoms with E-state index in [0.717, 1.165) is 0 Å². The maximum absolute atomic E-state index is 12.4. The van der Waals surface area contributed by atoms with Crippen LogP contribution in [0.2, 0.25) is 18.1 Å². The highest BCUT2D eigenvalue weighted by molar-refractivity contribution is 6.74. The second kappa shape index (κ2) is 11.7. The molecule has 38 heavy (non-hydrogen) atoms. The monoisotopic (exact) mass is 558 g/mol. The molecule has 0 aliphatic carbocycles. The molecular formula is C28H50O9Si. The Bertz CT molecular complexity index is 889. The van der Waals surface area contributed by atoms with Crippen molar-refractivity contribution >= 4 is 20.3 Å². The zero-order chi connectivity index (χ0) is 29.3. The number of carbonyl (C=O) groups is 2. The zero-order valence-corrected chi connectivity index (χ0v) is 26.7. The molecule has 0 amide bonds. The average molecular weight is 559 g/mol. The highest BCUT2D eigenvalue weighted by Gasteiger charge is 2.60. The van der Waals surface area contributed by atoms with Gasteiger partial charge in [0, 0.05) is 38.6 Å². The number of rotatable bonds is 9. The van der Waals surface area contributed by atoms with E-state index in [0.29, 0.717) is 25.0 Å². The third-order valence-electron chi connectivity index (χ3n) is 8.05. The Morgan fingerprint density at radius 3 is 2.13 bits per heavy atom. The van der Waals surface area contributed by atoms with Crippen LogP contribution in [0, 0.1) is 5.41 Å². The molecule has 2 fully saturated rings. The highest BCUT2D eigenvalue weighted by atomic mass is 28.4. The van der Waals surface area contributed by atoms with Crippen LogP contribution >= 0.6 is 0 Å². The van der Waals surface area contributed by atoms with Gasteiger partial charge in [0.25, 0.3) is 0 Å². The highest BCUT2D eigenvalue weighted by Crippen LogP contribution is 2.49. The molecule has 5 atom stereocenters. The Hall–Kier alpha value is -1.30. The number of esters is 2. The molecule has 2 heterocycles. The van der Waals surface area contributed by atoms with Crippen molar-refractivity contribution in [2.24, 2.45) is 5.41 Å². The predicted octanol–water partition coefficient (Wildman–Crippen LogP) is 5.13. The van der Waals surface area contributed by atoms with Crippen LogP contribution in [-0.2, 0) is 42.4 Å². The number of hydrogen-bond acceptors (Lipinski definition) is 9. The molecule has 9 nitrogen and oxygen atoms in total. The van der Waals surface area contributed by atoms with Crippen LogP contribution in [-0.4, -0.2) is 77.1 Å². The summed E-state index contributed by atoms with van der Waals surface area (Å²) < 4.78 is 42.5. The van der Waals surface area contributed by atoms with Gasteiger partial charge in [-0.3, -0.25) is 4.79 Å². The Balaban J connectivity index is 2.56. The summed E-state index contributed by atoms with van der Waals surface area (Å²) >= 11 is 0. The summed E-state index contributed by atoms with van der Waals surface area (Å²) in [6, 6.07) is 0. The fourth-order valence-corrected chi connectivity index (χ4v) is 6.05. The van der Waals surface area contributed by atoms with Crippen LogP contribution in [0.15, 0.2) is 11.6 Å². The van der Waals surface area contributed by atoms with Gasteiger partial charge in [0.05, 0.1) is 25.4 Å². The molecule has 10 heteroatoms. The number of hydrogen-bond donors (Lipinski definition) is 0. The van der Waals surface area contributed by atoms with E-state index in [1.54, 1.807) is 0 Å². The summed E-state index contributed by atoms with van der Waals surface area (Å²) in [6.45, 7) is 22.2. The van der Waals surface area contributed by atoms with Crippen molar-refractivity contribution in [2.75, 3.05) is 20.8 Å². The van der Waals surface area contributed by atoms with Gasteiger partial charge in [0.15, 0.2) is 20.2 Å². The molecule has 2 saturated heterocycles. The first-order valence-corrected chi connectivity index (χ1v) is 16.3. The van der Waals surface area contributed by atoms with Crippen molar-refractivity contribution in [3.63, 3.8) is 0 Å². The van der Waals surface area contributed by atoms with E-state index in [9.17, 15) is 9.59 Å². The lowest BCUT2D eigenvalue weighted by Crippen LogP contribution is -2.65. The fourth-order valence-electron chi connectivity index (χ4n) is 4.90. The van der Waals surface area contributed by atoms with Gasteiger partial charge in [-0.05, 0) is 50.9 Å². The summed E-state index contributed by atoms with van der Waals surface area (Å²) in [7, 11) is 0.699. The number of carbonyl (C=O) groups excluding carboxylic acids is 2. The summed E-state index contributed by atoms with van der Waals surface area (Å²) in [5, 5.41) is -0.00669. The molecule has 2 aliphatic heterocycles. The zero-order valence-electron chi connectivity index (χ0n) is 25.7.